The molecule has 3 aromatic rings. The molecule has 2 amide bonds. The molecule has 0 saturated carbocycles. The Balaban J connectivity index is 1.63. The molecule has 6 heteroatoms. The quantitative estimate of drug-likeness (QED) is 0.687. The number of amides is 2. The molecule has 150 valence electrons. The molecule has 2 aliphatic heterocycles. The SMILES string of the molecule is O=C(Nc1ccc(F)cc1F)[C@H]1c2ccccc2C(=O)N2CCc3ccccc3[C@H]12. The number of benzene rings is 3. The second-order valence-corrected chi connectivity index (χ2v) is 7.57. The third-order valence-corrected chi connectivity index (χ3v) is 5.91. The Morgan fingerprint density at radius 1 is 0.967 bits per heavy atom. The summed E-state index contributed by atoms with van der Waals surface area (Å²) in [5, 5.41) is 2.61. The van der Waals surface area contributed by atoms with E-state index in [9.17, 15) is 18.4 Å². The second kappa shape index (κ2) is 7.06. The molecule has 0 aromatic heterocycles. The molecule has 0 spiro atoms. The third-order valence-electron chi connectivity index (χ3n) is 5.91. The fourth-order valence-electron chi connectivity index (χ4n) is 4.56. The van der Waals surface area contributed by atoms with Crippen LogP contribution in [0.5, 0.6) is 0 Å². The van der Waals surface area contributed by atoms with Crippen molar-refractivity contribution >= 4 is 17.5 Å². The Bertz CT molecular complexity index is 1180. The average Bonchev–Trinajstić information content (AvgIpc) is 2.76. The number of fused-ring (bicyclic) bond motifs is 4. The Kier molecular flexibility index (Phi) is 4.35. The molecule has 1 N–H and O–H groups in total. The predicted molar refractivity (Wildman–Crippen MR) is 108 cm³/mol. The molecular weight excluding hydrogens is 386 g/mol. The zero-order chi connectivity index (χ0) is 20.8. The highest BCUT2D eigenvalue weighted by Crippen LogP contribution is 2.46. The third kappa shape index (κ3) is 2.87. The van der Waals surface area contributed by atoms with Gasteiger partial charge in [0.05, 0.1) is 17.6 Å². The summed E-state index contributed by atoms with van der Waals surface area (Å²) in [6.07, 6.45) is 0.710. The van der Waals surface area contributed by atoms with E-state index in [2.05, 4.69) is 5.32 Å². The minimum atomic E-state index is -0.843. The van der Waals surface area contributed by atoms with Crippen LogP contribution in [0.4, 0.5) is 14.5 Å². The molecule has 3 aromatic carbocycles. The van der Waals surface area contributed by atoms with Gasteiger partial charge in [0.15, 0.2) is 0 Å². The molecule has 2 heterocycles. The van der Waals surface area contributed by atoms with Crippen LogP contribution in [0.1, 0.15) is 39.0 Å². The maximum Gasteiger partial charge on any atom is 0.254 e. The summed E-state index contributed by atoms with van der Waals surface area (Å²) >= 11 is 0. The van der Waals surface area contributed by atoms with E-state index in [0.29, 0.717) is 24.1 Å². The number of hydrogen-bond acceptors (Lipinski definition) is 2. The average molecular weight is 404 g/mol. The van der Waals surface area contributed by atoms with Gasteiger partial charge in [-0.15, -0.1) is 0 Å². The summed E-state index contributed by atoms with van der Waals surface area (Å²) < 4.78 is 27.5. The van der Waals surface area contributed by atoms with Crippen molar-refractivity contribution in [2.24, 2.45) is 0 Å². The van der Waals surface area contributed by atoms with E-state index in [4.69, 9.17) is 0 Å². The van der Waals surface area contributed by atoms with Gasteiger partial charge in [0.1, 0.15) is 11.6 Å². The van der Waals surface area contributed by atoms with Crippen molar-refractivity contribution in [2.75, 3.05) is 11.9 Å². The number of rotatable bonds is 2. The summed E-state index contributed by atoms with van der Waals surface area (Å²) in [5.41, 5.74) is 3.02. The molecule has 4 nitrogen and oxygen atoms in total. The minimum Gasteiger partial charge on any atom is -0.330 e. The van der Waals surface area contributed by atoms with Crippen molar-refractivity contribution in [3.05, 3.63) is 101 Å². The highest BCUT2D eigenvalue weighted by Gasteiger charge is 2.46. The van der Waals surface area contributed by atoms with Crippen LogP contribution in [0.3, 0.4) is 0 Å². The molecule has 0 unspecified atom stereocenters. The molecule has 2 aliphatic rings. The van der Waals surface area contributed by atoms with Gasteiger partial charge in [0.2, 0.25) is 5.91 Å². The largest absolute Gasteiger partial charge is 0.330 e. The topological polar surface area (TPSA) is 49.4 Å². The van der Waals surface area contributed by atoms with Gasteiger partial charge >= 0.3 is 0 Å². The van der Waals surface area contributed by atoms with Crippen LogP contribution in [-0.4, -0.2) is 23.3 Å². The van der Waals surface area contributed by atoms with E-state index in [1.54, 1.807) is 29.2 Å². The molecule has 0 fully saturated rings. The minimum absolute atomic E-state index is 0.0913. The number of hydrogen-bond donors (Lipinski definition) is 1. The number of anilines is 1. The van der Waals surface area contributed by atoms with Crippen molar-refractivity contribution in [1.29, 1.82) is 0 Å². The van der Waals surface area contributed by atoms with Crippen LogP contribution in [0.15, 0.2) is 66.7 Å². The normalized spacial score (nSPS) is 19.5. The number of halogens is 2. The summed E-state index contributed by atoms with van der Waals surface area (Å²) in [7, 11) is 0. The summed E-state index contributed by atoms with van der Waals surface area (Å²) in [5.74, 6) is -2.82. The second-order valence-electron chi connectivity index (χ2n) is 7.57. The summed E-state index contributed by atoms with van der Waals surface area (Å²) in [4.78, 5) is 28.3. The zero-order valence-electron chi connectivity index (χ0n) is 15.9. The number of nitrogens with one attached hydrogen (secondary N) is 1. The molecular formula is C24H18F2N2O2. The highest BCUT2D eigenvalue weighted by atomic mass is 19.1. The van der Waals surface area contributed by atoms with Gasteiger partial charge in [-0.2, -0.15) is 0 Å². The van der Waals surface area contributed by atoms with Gasteiger partial charge in [0.25, 0.3) is 5.91 Å². The Morgan fingerprint density at radius 2 is 1.70 bits per heavy atom. The highest BCUT2D eigenvalue weighted by molar-refractivity contribution is 6.04. The van der Waals surface area contributed by atoms with E-state index < -0.39 is 29.5 Å². The van der Waals surface area contributed by atoms with Gasteiger partial charge in [-0.3, -0.25) is 9.59 Å². The van der Waals surface area contributed by atoms with Crippen molar-refractivity contribution in [3.63, 3.8) is 0 Å². The number of carbonyl (C=O) groups excluding carboxylic acids is 2. The van der Waals surface area contributed by atoms with Crippen molar-refractivity contribution in [1.82, 2.24) is 4.90 Å². The molecule has 0 saturated heterocycles. The lowest BCUT2D eigenvalue weighted by atomic mass is 9.76. The monoisotopic (exact) mass is 404 g/mol. The smallest absolute Gasteiger partial charge is 0.254 e. The number of carbonyl (C=O) groups is 2. The van der Waals surface area contributed by atoms with Crippen LogP contribution in [0.2, 0.25) is 0 Å². The molecule has 5 rings (SSSR count). The Morgan fingerprint density at radius 3 is 2.50 bits per heavy atom. The van der Waals surface area contributed by atoms with E-state index >= 15 is 0 Å². The van der Waals surface area contributed by atoms with Crippen LogP contribution in [0.25, 0.3) is 0 Å². The van der Waals surface area contributed by atoms with Crippen molar-refractivity contribution < 1.29 is 18.4 Å². The maximum atomic E-state index is 14.2. The first-order valence-corrected chi connectivity index (χ1v) is 9.78. The summed E-state index contributed by atoms with van der Waals surface area (Å²) in [6.45, 7) is 0.504. The van der Waals surface area contributed by atoms with Crippen LogP contribution < -0.4 is 5.32 Å². The first-order chi connectivity index (χ1) is 14.5. The predicted octanol–water partition coefficient (Wildman–Crippen LogP) is 4.44. The Labute approximate surface area is 172 Å². The van der Waals surface area contributed by atoms with Crippen molar-refractivity contribution in [3.8, 4) is 0 Å². The lowest BCUT2D eigenvalue weighted by Crippen LogP contribution is -2.49. The maximum absolute atomic E-state index is 14.2. The summed E-state index contributed by atoms with van der Waals surface area (Å²) in [6, 6.07) is 17.4. The van der Waals surface area contributed by atoms with Gasteiger partial charge in [-0.05, 0) is 41.3 Å². The fraction of sp³-hybridized carbons (Fsp3) is 0.167. The van der Waals surface area contributed by atoms with E-state index in [0.717, 1.165) is 23.3 Å². The van der Waals surface area contributed by atoms with Crippen LogP contribution in [-0.2, 0) is 11.2 Å². The number of nitrogens with zero attached hydrogens (tertiary/aromatic N) is 1. The van der Waals surface area contributed by atoms with E-state index in [1.807, 2.05) is 24.3 Å². The molecule has 30 heavy (non-hydrogen) atoms. The van der Waals surface area contributed by atoms with Gasteiger partial charge in [0, 0.05) is 18.2 Å². The van der Waals surface area contributed by atoms with Gasteiger partial charge in [-0.25, -0.2) is 8.78 Å². The first-order valence-electron chi connectivity index (χ1n) is 9.78. The molecule has 0 bridgehead atoms. The van der Waals surface area contributed by atoms with E-state index in [-0.39, 0.29) is 11.6 Å². The Hall–Kier alpha value is -3.54. The first kappa shape index (κ1) is 18.5. The molecule has 0 radical (unpaired) electrons. The van der Waals surface area contributed by atoms with Gasteiger partial charge < -0.3 is 10.2 Å². The van der Waals surface area contributed by atoms with Gasteiger partial charge in [-0.1, -0.05) is 42.5 Å². The molecule has 2 atom stereocenters. The standard InChI is InChI=1S/C24H18F2N2O2/c25-15-9-10-20(19(26)13-15)27-23(29)21-17-7-3-4-8-18(17)24(30)28-12-11-14-5-1-2-6-16(14)22(21)28/h1-10,13,21-22H,11-12H2,(H,27,29)/t21-,22+/m0/s1. The fourth-order valence-corrected chi connectivity index (χ4v) is 4.56. The lowest BCUT2D eigenvalue weighted by Gasteiger charge is -2.45. The zero-order valence-corrected chi connectivity index (χ0v) is 15.9. The van der Waals surface area contributed by atoms with Crippen LogP contribution in [0, 0.1) is 11.6 Å². The van der Waals surface area contributed by atoms with E-state index in [1.165, 1.54) is 6.07 Å². The van der Waals surface area contributed by atoms with Crippen molar-refractivity contribution in [2.45, 2.75) is 18.4 Å². The molecule has 0 aliphatic carbocycles. The lowest BCUT2D eigenvalue weighted by molar-refractivity contribution is -0.119. The van der Waals surface area contributed by atoms with Crippen LogP contribution >= 0.6 is 0 Å².